The van der Waals surface area contributed by atoms with Gasteiger partial charge >= 0.3 is 46.7 Å². The first-order valence-electron chi connectivity index (χ1n) is 45.5. The van der Waals surface area contributed by atoms with Gasteiger partial charge in [0, 0.05) is 84.0 Å². The van der Waals surface area contributed by atoms with E-state index in [1.54, 1.807) is 25.3 Å². The Balaban J connectivity index is 0.999. The summed E-state index contributed by atoms with van der Waals surface area (Å²) in [7, 11) is -27.7. The van der Waals surface area contributed by atoms with Gasteiger partial charge in [0.2, 0.25) is 5.91 Å². The fourth-order valence-corrected chi connectivity index (χ4v) is 18.8. The molecule has 0 radical (unpaired) electrons. The smallest absolute Gasteiger partial charge is 0.396 e. The molecule has 0 aromatic carbocycles. The highest BCUT2D eigenvalue weighted by molar-refractivity contribution is 7.53. The zero-order chi connectivity index (χ0) is 99.3. The Morgan fingerprint density at radius 3 is 1.21 bits per heavy atom. The van der Waals surface area contributed by atoms with E-state index in [-0.39, 0.29) is 151 Å². The Labute approximate surface area is 785 Å². The lowest BCUT2D eigenvalue weighted by Gasteiger charge is -2.42. The minimum absolute atomic E-state index is 0.0102. The molecular formula is C78H147N5O46P6. The molecule has 1 amide bonds. The van der Waals surface area contributed by atoms with E-state index >= 15 is 0 Å². The van der Waals surface area contributed by atoms with E-state index in [2.05, 4.69) is 20.3 Å². The Bertz CT molecular complexity index is 3810. The van der Waals surface area contributed by atoms with Crippen LogP contribution in [0.3, 0.4) is 0 Å². The van der Waals surface area contributed by atoms with Gasteiger partial charge in [0.25, 0.3) is 0 Å². The number of aryl methyl sites for hydroxylation is 1. The number of rotatable bonds is 77. The number of aliphatic hydroxyl groups excluding tert-OH is 10. The Morgan fingerprint density at radius 1 is 0.444 bits per heavy atom. The van der Waals surface area contributed by atoms with Crippen molar-refractivity contribution in [1.82, 2.24) is 24.8 Å². The zero-order valence-electron chi connectivity index (χ0n) is 77.4. The number of hydrogen-bond donors (Lipinski definition) is 17. The van der Waals surface area contributed by atoms with E-state index < -0.39 is 246 Å². The molecule has 57 heteroatoms. The van der Waals surface area contributed by atoms with Crippen molar-refractivity contribution in [3.8, 4) is 0 Å². The number of amides is 1. The first-order valence-corrected chi connectivity index (χ1v) is 54.6. The third kappa shape index (κ3) is 45.2. The third-order valence-electron chi connectivity index (χ3n) is 21.9. The average Bonchev–Trinajstić information content (AvgIpc) is 1.65. The number of carbonyl (C=O) groups is 1. The van der Waals surface area contributed by atoms with Gasteiger partial charge in [-0.3, -0.25) is 59.2 Å². The summed E-state index contributed by atoms with van der Waals surface area (Å²) in [5.74, 6) is -2.23. The van der Waals surface area contributed by atoms with Gasteiger partial charge in [0.1, 0.15) is 79.0 Å². The molecule has 0 aliphatic carbocycles. The van der Waals surface area contributed by atoms with E-state index in [0.29, 0.717) is 93.9 Å². The van der Waals surface area contributed by atoms with Gasteiger partial charge in [-0.1, -0.05) is 66.2 Å². The standard InChI is InChI=1S/C78H147N5O46P6/c1-54(2)130(95,96)123-47-64-60(40-65(125-64)83-53-81-66-57(5)79-52-80-74(66)83)129-135(105,106)122-39-20-25-108-46-59(41-84)45-107-24-19-35-121-134(103,104)124-51-78(48-109-26-21-36-118-131(97,98)115-32-16-10-7-13-29-112-75-55(3)68(89)70(91)61(42-85)126-75,49-110-27-22-37-119-132(99,100)116-33-17-11-8-14-30-113-76-56(4)69(90)71(92)62(43-86)127-76)50-111-28-23-38-120-133(101,102)117-34-18-12-9-15-31-114-77-67(82-58(6)88)73(94)72(93)63(44-87)128-77/h52-56,59-65,67-73,75-77,84-87,89-94H,7-51H2,1-6H3,(H,82,88)(H,95,96)(H,97,98)(H,99,100)(H,101,102)(H,103,104)(H,105,106)/t55?,56?,59?,60-,61?,62?,63?,64+,65+,67?,68+,69+,70-,71-,72-,73+,75+,76+,77+,78?/m0/s1. The lowest BCUT2D eigenvalue weighted by atomic mass is 9.92. The highest BCUT2D eigenvalue weighted by Gasteiger charge is 2.49. The van der Waals surface area contributed by atoms with Gasteiger partial charge in [0.05, 0.1) is 161 Å². The second kappa shape index (κ2) is 63.3. The van der Waals surface area contributed by atoms with Crippen molar-refractivity contribution < 1.29 is 219 Å². The number of unbranched alkanes of at least 4 members (excludes halogenated alkanes) is 9. The van der Waals surface area contributed by atoms with Crippen LogP contribution >= 0.6 is 46.7 Å². The molecule has 4 aliphatic rings. The number of carbonyl (C=O) groups excluding carboxylic acids is 1. The van der Waals surface area contributed by atoms with Crippen molar-refractivity contribution in [2.75, 3.05) is 178 Å². The van der Waals surface area contributed by atoms with Crippen LogP contribution < -0.4 is 5.32 Å². The fraction of sp³-hybridized carbons (Fsp3) is 0.923. The van der Waals surface area contributed by atoms with Crippen LogP contribution in [0.4, 0.5) is 0 Å². The molecule has 51 nitrogen and oxygen atoms in total. The van der Waals surface area contributed by atoms with E-state index in [1.165, 1.54) is 33.4 Å². The number of fused-ring (bicyclic) bond motifs is 1. The van der Waals surface area contributed by atoms with Crippen molar-refractivity contribution >= 4 is 63.8 Å². The van der Waals surface area contributed by atoms with Crippen molar-refractivity contribution in [3.05, 3.63) is 18.3 Å². The summed E-state index contributed by atoms with van der Waals surface area (Å²) in [6.45, 7) is 2.31. The summed E-state index contributed by atoms with van der Waals surface area (Å²) in [6.07, 6.45) is -8.33. The molecule has 25 atom stereocenters. The average molecular weight is 2080 g/mol. The van der Waals surface area contributed by atoms with Crippen LogP contribution in [0, 0.1) is 30.1 Å². The number of ether oxygens (including phenoxy) is 12. The summed E-state index contributed by atoms with van der Waals surface area (Å²) in [5.41, 5.74) is -0.832. The number of nitrogens with zero attached hydrogens (tertiary/aromatic N) is 4. The van der Waals surface area contributed by atoms with Gasteiger partial charge < -0.3 is 147 Å². The van der Waals surface area contributed by atoms with Gasteiger partial charge in [-0.25, -0.2) is 37.8 Å². The summed E-state index contributed by atoms with van der Waals surface area (Å²) >= 11 is 0. The van der Waals surface area contributed by atoms with Crippen molar-refractivity contribution in [2.45, 2.75) is 261 Å². The van der Waals surface area contributed by atoms with Crippen LogP contribution in [-0.2, 0) is 139 Å². The molecule has 135 heavy (non-hydrogen) atoms. The Hall–Kier alpha value is -2.16. The topological polar surface area (TPSA) is 711 Å². The maximum Gasteiger partial charge on any atom is 0.472 e. The third-order valence-corrected chi connectivity index (χ3v) is 28.8. The molecule has 6 rings (SSSR count). The van der Waals surface area contributed by atoms with Gasteiger partial charge in [-0.05, 0) is 77.6 Å². The normalized spacial score (nSPS) is 28.1. The van der Waals surface area contributed by atoms with Crippen molar-refractivity contribution in [1.29, 1.82) is 0 Å². The van der Waals surface area contributed by atoms with Crippen LogP contribution in [-0.4, -0.2) is 382 Å². The molecular weight excluding hydrogens is 1930 g/mol. The number of phosphoric acid groups is 5. The monoisotopic (exact) mass is 2080 g/mol. The zero-order valence-corrected chi connectivity index (χ0v) is 82.8. The first-order chi connectivity index (χ1) is 64.1. The SMILES string of the molecule is CC(=O)NC1[C@H](OCCCCCCOP(=O)(O)OCCCOCC(COCCCOP(=O)(O)OCCCCCCO[C@@H]2OC(CO)[C@H](O)[C@H](O)C2C)(COCCCOP(=O)(O)OCCCCCCO[C@@H]2OC(CO)[C@H](O)[C@H](O)C2C)COP(=O)(O)OCCCOCC(CO)COCCCOP(=O)(O)O[C@H]2C[C@H](n3cnc4c(C)ncnc43)O[C@@H]2COP(=O)(O)C(C)C)OC(CO)[C@H](O)[C@@H]1O. The summed E-state index contributed by atoms with van der Waals surface area (Å²) in [6, 6.07) is -1.12. The summed E-state index contributed by atoms with van der Waals surface area (Å²) in [5, 5.41) is 103. The van der Waals surface area contributed by atoms with Crippen LogP contribution in [0.25, 0.3) is 11.2 Å². The Kier molecular flexibility index (Phi) is 57.0. The second-order valence-electron chi connectivity index (χ2n) is 33.6. The molecule has 0 spiro atoms. The van der Waals surface area contributed by atoms with Gasteiger partial charge in [-0.2, -0.15) is 0 Å². The molecule has 0 bridgehead atoms. The molecule has 2 aromatic heterocycles. The first kappa shape index (κ1) is 122. The van der Waals surface area contributed by atoms with Crippen LogP contribution in [0.1, 0.15) is 162 Å². The molecule has 4 saturated heterocycles. The second-order valence-corrected chi connectivity index (χ2v) is 43.2. The number of aliphatic hydroxyl groups is 10. The quantitative estimate of drug-likeness (QED) is 0.0333. The Morgan fingerprint density at radius 2 is 0.815 bits per heavy atom. The van der Waals surface area contributed by atoms with E-state index in [9.17, 15) is 113 Å². The molecule has 6 heterocycles. The van der Waals surface area contributed by atoms with Gasteiger partial charge in [-0.15, -0.1) is 0 Å². The number of hydrogen-bond acceptors (Lipinski definition) is 43. The highest BCUT2D eigenvalue weighted by atomic mass is 31.2. The molecule has 790 valence electrons. The predicted octanol–water partition coefficient (Wildman–Crippen LogP) is 3.52. The number of imidazole rings is 1. The van der Waals surface area contributed by atoms with Crippen LogP contribution in [0.2, 0.25) is 0 Å². The number of nitrogens with one attached hydrogen (secondary N) is 1. The van der Waals surface area contributed by atoms with E-state index in [1.807, 2.05) is 0 Å². The maximum absolute atomic E-state index is 13.8. The van der Waals surface area contributed by atoms with Crippen molar-refractivity contribution in [3.63, 3.8) is 0 Å². The molecule has 17 N–H and O–H groups in total. The summed E-state index contributed by atoms with van der Waals surface area (Å²) in [4.78, 5) is 88.6. The minimum Gasteiger partial charge on any atom is -0.396 e. The molecule has 4 aliphatic heterocycles. The molecule has 0 saturated carbocycles. The van der Waals surface area contributed by atoms with Crippen LogP contribution in [0.5, 0.6) is 0 Å². The molecule has 13 unspecified atom stereocenters. The van der Waals surface area contributed by atoms with E-state index in [4.69, 9.17) is 107 Å². The number of phosphoric ester groups is 5. The largest absolute Gasteiger partial charge is 0.472 e. The van der Waals surface area contributed by atoms with Crippen LogP contribution in [0.15, 0.2) is 12.7 Å². The lowest BCUT2D eigenvalue weighted by Crippen LogP contribution is -2.64. The molecule has 4 fully saturated rings. The lowest BCUT2D eigenvalue weighted by molar-refractivity contribution is -0.282. The fourth-order valence-electron chi connectivity index (χ4n) is 13.9. The summed E-state index contributed by atoms with van der Waals surface area (Å²) < 4.78 is 208. The van der Waals surface area contributed by atoms with Crippen molar-refractivity contribution in [2.24, 2.45) is 23.2 Å². The minimum atomic E-state index is -5.00. The predicted molar refractivity (Wildman–Crippen MR) is 470 cm³/mol. The highest BCUT2D eigenvalue weighted by Crippen LogP contribution is 2.53. The maximum atomic E-state index is 13.8. The molecule has 2 aromatic rings. The number of aromatic nitrogens is 4. The van der Waals surface area contributed by atoms with Gasteiger partial charge in [0.15, 0.2) is 24.5 Å². The van der Waals surface area contributed by atoms with E-state index in [0.717, 1.165) is 0 Å².